The molecule has 0 bridgehead atoms. The lowest BCUT2D eigenvalue weighted by Gasteiger charge is -2.25. The summed E-state index contributed by atoms with van der Waals surface area (Å²) in [7, 11) is 0. The van der Waals surface area contributed by atoms with Crippen molar-refractivity contribution in [2.75, 3.05) is 5.75 Å². The second-order valence-electron chi connectivity index (χ2n) is 5.62. The molecular formula is C13H24N2OS. The minimum Gasteiger partial charge on any atom is -0.352 e. The van der Waals surface area contributed by atoms with Gasteiger partial charge in [-0.15, -0.1) is 0 Å². The molecule has 0 radical (unpaired) electrons. The maximum absolute atomic E-state index is 12.1. The fourth-order valence-corrected chi connectivity index (χ4v) is 3.81. The van der Waals surface area contributed by atoms with E-state index in [1.54, 1.807) is 0 Å². The van der Waals surface area contributed by atoms with Crippen molar-refractivity contribution in [1.29, 1.82) is 0 Å². The number of amides is 1. The topological polar surface area (TPSA) is 55.1 Å². The molecule has 17 heavy (non-hydrogen) atoms. The van der Waals surface area contributed by atoms with Gasteiger partial charge in [0.25, 0.3) is 0 Å². The highest BCUT2D eigenvalue weighted by Gasteiger charge is 2.44. The Hall–Kier alpha value is -0.220. The number of nitrogens with two attached hydrogens (primary N) is 1. The van der Waals surface area contributed by atoms with Gasteiger partial charge in [-0.25, -0.2) is 0 Å². The predicted molar refractivity (Wildman–Crippen MR) is 73.0 cm³/mol. The average Bonchev–Trinajstić information content (AvgIpc) is 3.04. The molecule has 98 valence electrons. The molecule has 3 atom stereocenters. The van der Waals surface area contributed by atoms with Crippen LogP contribution in [0.2, 0.25) is 0 Å². The van der Waals surface area contributed by atoms with Crippen molar-refractivity contribution in [3.8, 4) is 0 Å². The lowest BCUT2D eigenvalue weighted by atomic mass is 9.95. The van der Waals surface area contributed by atoms with Crippen LogP contribution in [-0.4, -0.2) is 28.5 Å². The van der Waals surface area contributed by atoms with Crippen molar-refractivity contribution in [2.24, 2.45) is 11.7 Å². The SMILES string of the molecule is CCSC1CCC(NC(=O)C(C)(N)C2CC2)C1. The van der Waals surface area contributed by atoms with Crippen molar-refractivity contribution in [3.05, 3.63) is 0 Å². The highest BCUT2D eigenvalue weighted by molar-refractivity contribution is 7.99. The predicted octanol–water partition coefficient (Wildman–Crippen LogP) is 1.90. The van der Waals surface area contributed by atoms with Gasteiger partial charge >= 0.3 is 0 Å². The first-order chi connectivity index (χ1) is 8.04. The van der Waals surface area contributed by atoms with Gasteiger partial charge in [-0.05, 0) is 50.7 Å². The van der Waals surface area contributed by atoms with Crippen LogP contribution in [0.3, 0.4) is 0 Å². The highest BCUT2D eigenvalue weighted by atomic mass is 32.2. The van der Waals surface area contributed by atoms with Gasteiger partial charge in [0.05, 0.1) is 5.54 Å². The molecule has 0 spiro atoms. The summed E-state index contributed by atoms with van der Waals surface area (Å²) in [5, 5.41) is 3.88. The first-order valence-corrected chi connectivity index (χ1v) is 7.80. The average molecular weight is 256 g/mol. The third-order valence-corrected chi connectivity index (χ3v) is 5.27. The van der Waals surface area contributed by atoms with Gasteiger partial charge < -0.3 is 11.1 Å². The van der Waals surface area contributed by atoms with Gasteiger partial charge in [-0.3, -0.25) is 4.79 Å². The molecule has 0 aliphatic heterocycles. The van der Waals surface area contributed by atoms with Crippen LogP contribution in [0.15, 0.2) is 0 Å². The quantitative estimate of drug-likeness (QED) is 0.790. The van der Waals surface area contributed by atoms with Crippen LogP contribution in [0.1, 0.15) is 46.0 Å². The molecule has 2 rings (SSSR count). The first-order valence-electron chi connectivity index (χ1n) is 6.75. The molecule has 1 amide bonds. The van der Waals surface area contributed by atoms with Crippen molar-refractivity contribution >= 4 is 17.7 Å². The van der Waals surface area contributed by atoms with Crippen LogP contribution < -0.4 is 11.1 Å². The second-order valence-corrected chi connectivity index (χ2v) is 7.20. The Morgan fingerprint density at radius 1 is 1.41 bits per heavy atom. The molecule has 2 aliphatic rings. The van der Waals surface area contributed by atoms with E-state index in [4.69, 9.17) is 5.73 Å². The number of hydrogen-bond acceptors (Lipinski definition) is 3. The normalized spacial score (nSPS) is 32.2. The number of carbonyl (C=O) groups is 1. The van der Waals surface area contributed by atoms with Gasteiger partial charge in [-0.2, -0.15) is 11.8 Å². The van der Waals surface area contributed by atoms with Crippen LogP contribution in [-0.2, 0) is 4.79 Å². The van der Waals surface area contributed by atoms with Crippen LogP contribution in [0.25, 0.3) is 0 Å². The Balaban J connectivity index is 1.79. The smallest absolute Gasteiger partial charge is 0.240 e. The summed E-state index contributed by atoms with van der Waals surface area (Å²) in [5.41, 5.74) is 5.48. The molecule has 0 aromatic carbocycles. The molecule has 2 fully saturated rings. The van der Waals surface area contributed by atoms with E-state index < -0.39 is 5.54 Å². The Labute approximate surface area is 108 Å². The van der Waals surface area contributed by atoms with E-state index >= 15 is 0 Å². The summed E-state index contributed by atoms with van der Waals surface area (Å²) in [4.78, 5) is 12.1. The molecule has 0 aromatic heterocycles. The lowest BCUT2D eigenvalue weighted by molar-refractivity contribution is -0.127. The van der Waals surface area contributed by atoms with E-state index in [0.29, 0.717) is 12.0 Å². The zero-order chi connectivity index (χ0) is 12.5. The Kier molecular flexibility index (Phi) is 4.03. The van der Waals surface area contributed by atoms with E-state index in [-0.39, 0.29) is 5.91 Å². The number of thioether (sulfide) groups is 1. The summed E-state index contributed by atoms with van der Waals surface area (Å²) in [6, 6.07) is 0.355. The molecule has 0 saturated heterocycles. The molecule has 4 heteroatoms. The largest absolute Gasteiger partial charge is 0.352 e. The number of rotatable bonds is 5. The Bertz CT molecular complexity index is 289. The maximum Gasteiger partial charge on any atom is 0.240 e. The second kappa shape index (κ2) is 5.19. The van der Waals surface area contributed by atoms with Gasteiger partial charge in [-0.1, -0.05) is 6.92 Å². The maximum atomic E-state index is 12.1. The van der Waals surface area contributed by atoms with Gasteiger partial charge in [0.1, 0.15) is 0 Å². The van der Waals surface area contributed by atoms with E-state index in [1.807, 2.05) is 18.7 Å². The Morgan fingerprint density at radius 3 is 2.71 bits per heavy atom. The summed E-state index contributed by atoms with van der Waals surface area (Å²) in [6.45, 7) is 4.08. The van der Waals surface area contributed by atoms with Crippen LogP contribution >= 0.6 is 11.8 Å². The van der Waals surface area contributed by atoms with Crippen LogP contribution in [0.5, 0.6) is 0 Å². The zero-order valence-corrected chi connectivity index (χ0v) is 11.7. The highest BCUT2D eigenvalue weighted by Crippen LogP contribution is 2.38. The zero-order valence-electron chi connectivity index (χ0n) is 10.9. The Morgan fingerprint density at radius 2 is 2.12 bits per heavy atom. The van der Waals surface area contributed by atoms with Crippen LogP contribution in [0, 0.1) is 5.92 Å². The fraction of sp³-hybridized carbons (Fsp3) is 0.923. The minimum absolute atomic E-state index is 0.0622. The molecule has 2 aliphatic carbocycles. The van der Waals surface area contributed by atoms with E-state index in [2.05, 4.69) is 12.2 Å². The van der Waals surface area contributed by atoms with Crippen molar-refractivity contribution in [2.45, 2.75) is 62.8 Å². The molecule has 2 saturated carbocycles. The first kappa shape index (κ1) is 13.2. The fourth-order valence-electron chi connectivity index (χ4n) is 2.67. The number of hydrogen-bond donors (Lipinski definition) is 2. The molecular weight excluding hydrogens is 232 g/mol. The summed E-state index contributed by atoms with van der Waals surface area (Å²) in [6.07, 6.45) is 5.68. The van der Waals surface area contributed by atoms with Gasteiger partial charge in [0, 0.05) is 11.3 Å². The molecule has 3 unspecified atom stereocenters. The van der Waals surface area contributed by atoms with E-state index in [1.165, 1.54) is 12.2 Å². The third kappa shape index (κ3) is 3.16. The summed E-state index contributed by atoms with van der Waals surface area (Å²) >= 11 is 2.01. The standard InChI is InChI=1S/C13H24N2OS/c1-3-17-11-7-6-10(8-11)15-12(16)13(2,14)9-4-5-9/h9-11H,3-8,14H2,1-2H3,(H,15,16). The van der Waals surface area contributed by atoms with Crippen LogP contribution in [0.4, 0.5) is 0 Å². The monoisotopic (exact) mass is 256 g/mol. The molecule has 0 heterocycles. The van der Waals surface area contributed by atoms with Crippen molar-refractivity contribution in [1.82, 2.24) is 5.32 Å². The summed E-state index contributed by atoms with van der Waals surface area (Å²) < 4.78 is 0. The van der Waals surface area contributed by atoms with Gasteiger partial charge in [0.15, 0.2) is 0 Å². The van der Waals surface area contributed by atoms with Gasteiger partial charge in [0.2, 0.25) is 5.91 Å². The molecule has 3 nitrogen and oxygen atoms in total. The lowest BCUT2D eigenvalue weighted by Crippen LogP contribution is -2.55. The van der Waals surface area contributed by atoms with Crippen molar-refractivity contribution in [3.63, 3.8) is 0 Å². The number of nitrogens with one attached hydrogen (secondary N) is 1. The van der Waals surface area contributed by atoms with E-state index in [9.17, 15) is 4.79 Å². The molecule has 0 aromatic rings. The minimum atomic E-state index is -0.643. The molecule has 3 N–H and O–H groups in total. The van der Waals surface area contributed by atoms with Crippen molar-refractivity contribution < 1.29 is 4.79 Å². The third-order valence-electron chi connectivity index (χ3n) is 4.04. The number of carbonyl (C=O) groups excluding carboxylic acids is 1. The van der Waals surface area contributed by atoms with E-state index in [0.717, 1.165) is 30.9 Å². The summed E-state index contributed by atoms with van der Waals surface area (Å²) in [5.74, 6) is 1.64.